The number of fused-ring (bicyclic) bond motifs is 13. The highest BCUT2D eigenvalue weighted by Gasteiger charge is 2.23. The molecule has 272 valence electrons. The highest BCUT2D eigenvalue weighted by molar-refractivity contribution is 6.11. The summed E-state index contributed by atoms with van der Waals surface area (Å²) in [6.45, 7) is 0. The molecule has 58 heavy (non-hydrogen) atoms. The number of hydrogen-bond donors (Lipinski definition) is 1. The Morgan fingerprint density at radius 3 is 1.64 bits per heavy atom. The molecule has 8 nitrogen and oxygen atoms in total. The van der Waals surface area contributed by atoms with Gasteiger partial charge in [-0.15, -0.1) is 0 Å². The predicted molar refractivity (Wildman–Crippen MR) is 232 cm³/mol. The molecule has 0 aliphatic carbocycles. The number of phenols is 1. The molecular weight excluding hydrogens is 717 g/mol. The van der Waals surface area contributed by atoms with Gasteiger partial charge in [-0.25, -0.2) is 9.97 Å². The lowest BCUT2D eigenvalue weighted by molar-refractivity contribution is 0.477. The molecule has 0 bridgehead atoms. The van der Waals surface area contributed by atoms with E-state index in [9.17, 15) is 5.11 Å². The van der Waals surface area contributed by atoms with E-state index in [-0.39, 0.29) is 5.75 Å². The molecule has 0 aliphatic heterocycles. The van der Waals surface area contributed by atoms with Crippen molar-refractivity contribution in [2.45, 2.75) is 0 Å². The van der Waals surface area contributed by atoms with Gasteiger partial charge in [0.1, 0.15) is 16.9 Å². The first-order chi connectivity index (χ1) is 28.7. The first kappa shape index (κ1) is 31.1. The Morgan fingerprint density at radius 1 is 0.414 bits per heavy atom. The number of phenolic OH excluding ortho intramolecular Hbond substituents is 1. The molecule has 8 heteroatoms. The number of aromatic nitrogens is 6. The average Bonchev–Trinajstić information content (AvgIpc) is 4.07. The molecule has 8 aromatic carbocycles. The number of nitrogens with zero attached hydrogens (tertiary/aromatic N) is 6. The first-order valence-electron chi connectivity index (χ1n) is 19.3. The molecule has 1 N–H and O–H groups in total. The Kier molecular flexibility index (Phi) is 6.16. The molecule has 5 aromatic heterocycles. The molecule has 0 atom stereocenters. The fraction of sp³-hybridized carbons (Fsp3) is 0. The second-order valence-electron chi connectivity index (χ2n) is 14.8. The van der Waals surface area contributed by atoms with Gasteiger partial charge in [0.25, 0.3) is 0 Å². The van der Waals surface area contributed by atoms with E-state index in [1.807, 2.05) is 42.5 Å². The van der Waals surface area contributed by atoms with Crippen LogP contribution >= 0.6 is 0 Å². The van der Waals surface area contributed by atoms with E-state index in [2.05, 4.69) is 145 Å². The van der Waals surface area contributed by atoms with Crippen molar-refractivity contribution in [3.05, 3.63) is 176 Å². The zero-order valence-electron chi connectivity index (χ0n) is 30.8. The summed E-state index contributed by atoms with van der Waals surface area (Å²) in [4.78, 5) is 10.3. The predicted octanol–water partition coefficient (Wildman–Crippen LogP) is 12.1. The van der Waals surface area contributed by atoms with Gasteiger partial charge >= 0.3 is 0 Å². The maximum Gasteiger partial charge on any atom is 0.220 e. The molecule has 0 saturated heterocycles. The van der Waals surface area contributed by atoms with Gasteiger partial charge in [-0.3, -0.25) is 17.9 Å². The van der Waals surface area contributed by atoms with Crippen LogP contribution in [0.5, 0.6) is 5.75 Å². The normalized spacial score (nSPS) is 12.2. The maximum atomic E-state index is 11.7. The molecule has 13 aromatic rings. The standard InChI is InChI=1S/C50H30N6O2/c57-44-24-10-22-42(55-40-20-7-5-18-38(40)53-36-16-3-1-14-34(36)51-49(53)55)47(44)32-13-9-12-30(28-32)31-26-27-45-33(29-31)48-43(23-11-25-46(48)58-45)56-41-21-8-6-19-39(41)54-37-17-4-2-15-35(37)52-50(54)56/h1-29,57H. The summed E-state index contributed by atoms with van der Waals surface area (Å²) >= 11 is 0. The second-order valence-corrected chi connectivity index (χ2v) is 14.8. The number of aromatic hydroxyl groups is 1. The zero-order valence-corrected chi connectivity index (χ0v) is 30.8. The summed E-state index contributed by atoms with van der Waals surface area (Å²) in [7, 11) is 0. The lowest BCUT2D eigenvalue weighted by Crippen LogP contribution is -1.98. The number of furan rings is 1. The van der Waals surface area contributed by atoms with Gasteiger partial charge in [0.15, 0.2) is 0 Å². The Balaban J connectivity index is 1.01. The van der Waals surface area contributed by atoms with Crippen LogP contribution in [0.4, 0.5) is 0 Å². The molecule has 0 radical (unpaired) electrons. The summed E-state index contributed by atoms with van der Waals surface area (Å²) in [6.07, 6.45) is 0. The minimum absolute atomic E-state index is 0.194. The maximum absolute atomic E-state index is 11.7. The SMILES string of the molecule is Oc1cccc(-n2c3ccccc3n3c4ccccc4nc23)c1-c1cccc(-c2ccc3oc4cccc(-n5c6ccccc6n6c7ccccc7nc56)c4c3c2)c1. The van der Waals surface area contributed by atoms with Crippen LogP contribution in [-0.2, 0) is 0 Å². The number of imidazole rings is 4. The molecule has 0 saturated carbocycles. The van der Waals surface area contributed by atoms with Crippen molar-refractivity contribution in [2.75, 3.05) is 0 Å². The summed E-state index contributed by atoms with van der Waals surface area (Å²) in [5.41, 5.74) is 15.3. The second kappa shape index (κ2) is 11.5. The fourth-order valence-electron chi connectivity index (χ4n) is 9.22. The van der Waals surface area contributed by atoms with Crippen molar-refractivity contribution < 1.29 is 9.52 Å². The minimum Gasteiger partial charge on any atom is -0.507 e. The van der Waals surface area contributed by atoms with E-state index in [1.54, 1.807) is 6.07 Å². The molecule has 13 rings (SSSR count). The van der Waals surface area contributed by atoms with Gasteiger partial charge in [0, 0.05) is 10.9 Å². The monoisotopic (exact) mass is 746 g/mol. The van der Waals surface area contributed by atoms with Crippen LogP contribution in [0, 0.1) is 0 Å². The highest BCUT2D eigenvalue weighted by atomic mass is 16.3. The molecule has 0 amide bonds. The van der Waals surface area contributed by atoms with Gasteiger partial charge in [0.05, 0.1) is 60.9 Å². The van der Waals surface area contributed by atoms with Crippen LogP contribution in [0.2, 0.25) is 0 Å². The van der Waals surface area contributed by atoms with E-state index in [0.717, 1.165) is 111 Å². The van der Waals surface area contributed by atoms with Crippen LogP contribution in [0.15, 0.2) is 180 Å². The fourth-order valence-corrected chi connectivity index (χ4v) is 9.22. The van der Waals surface area contributed by atoms with Crippen molar-refractivity contribution in [1.29, 1.82) is 0 Å². The van der Waals surface area contributed by atoms with Crippen molar-refractivity contribution in [2.24, 2.45) is 0 Å². The van der Waals surface area contributed by atoms with Crippen molar-refractivity contribution in [3.8, 4) is 39.4 Å². The minimum atomic E-state index is 0.194. The molecular formula is C50H30N6O2. The smallest absolute Gasteiger partial charge is 0.220 e. The Bertz CT molecular complexity index is 3840. The van der Waals surface area contributed by atoms with E-state index in [1.165, 1.54) is 0 Å². The Labute approximate surface area is 329 Å². The Morgan fingerprint density at radius 2 is 0.948 bits per heavy atom. The summed E-state index contributed by atoms with van der Waals surface area (Å²) in [5, 5.41) is 13.7. The van der Waals surface area contributed by atoms with E-state index in [4.69, 9.17) is 14.4 Å². The summed E-state index contributed by atoms with van der Waals surface area (Å²) in [6, 6.07) is 60.0. The van der Waals surface area contributed by atoms with Crippen LogP contribution in [0.25, 0.3) is 111 Å². The molecule has 0 aliphatic rings. The van der Waals surface area contributed by atoms with Crippen LogP contribution in [0.3, 0.4) is 0 Å². The van der Waals surface area contributed by atoms with Crippen LogP contribution < -0.4 is 0 Å². The van der Waals surface area contributed by atoms with E-state index in [0.29, 0.717) is 0 Å². The summed E-state index contributed by atoms with van der Waals surface area (Å²) < 4.78 is 15.4. The third kappa shape index (κ3) is 4.17. The van der Waals surface area contributed by atoms with Gasteiger partial charge in [0.2, 0.25) is 11.6 Å². The van der Waals surface area contributed by atoms with E-state index >= 15 is 0 Å². The van der Waals surface area contributed by atoms with Crippen LogP contribution in [-0.4, -0.2) is 33.0 Å². The van der Waals surface area contributed by atoms with Gasteiger partial charge < -0.3 is 9.52 Å². The zero-order chi connectivity index (χ0) is 38.1. The third-order valence-corrected chi connectivity index (χ3v) is 11.7. The van der Waals surface area contributed by atoms with Gasteiger partial charge in [-0.05, 0) is 108 Å². The number of rotatable bonds is 4. The topological polar surface area (TPSA) is 77.8 Å². The lowest BCUT2D eigenvalue weighted by atomic mass is 9.96. The summed E-state index contributed by atoms with van der Waals surface area (Å²) in [5.74, 6) is 1.83. The van der Waals surface area contributed by atoms with E-state index < -0.39 is 0 Å². The highest BCUT2D eigenvalue weighted by Crippen LogP contribution is 2.42. The quantitative estimate of drug-likeness (QED) is 0.194. The molecule has 0 unspecified atom stereocenters. The van der Waals surface area contributed by atoms with Crippen molar-refractivity contribution in [3.63, 3.8) is 0 Å². The number of hydrogen-bond acceptors (Lipinski definition) is 4. The number of benzene rings is 8. The van der Waals surface area contributed by atoms with Crippen molar-refractivity contribution in [1.82, 2.24) is 27.9 Å². The molecule has 5 heterocycles. The lowest BCUT2D eigenvalue weighted by Gasteiger charge is -2.15. The average molecular weight is 747 g/mol. The van der Waals surface area contributed by atoms with Gasteiger partial charge in [-0.2, -0.15) is 0 Å². The molecule has 0 fully saturated rings. The largest absolute Gasteiger partial charge is 0.507 e. The van der Waals surface area contributed by atoms with Gasteiger partial charge in [-0.1, -0.05) is 84.9 Å². The first-order valence-corrected chi connectivity index (χ1v) is 19.3. The Hall–Kier alpha value is -8.10. The molecule has 0 spiro atoms. The van der Waals surface area contributed by atoms with Crippen LogP contribution in [0.1, 0.15) is 0 Å². The van der Waals surface area contributed by atoms with Crippen molar-refractivity contribution >= 4 is 77.6 Å². The third-order valence-electron chi connectivity index (χ3n) is 11.7. The number of para-hydroxylation sites is 8.